The second-order valence-electron chi connectivity index (χ2n) is 5.88. The van der Waals surface area contributed by atoms with E-state index in [1.165, 1.54) is 0 Å². The zero-order chi connectivity index (χ0) is 15.4. The fourth-order valence-corrected chi connectivity index (χ4v) is 5.08. The Labute approximate surface area is 132 Å². The van der Waals surface area contributed by atoms with Crippen LogP contribution < -0.4 is 0 Å². The summed E-state index contributed by atoms with van der Waals surface area (Å²) in [4.78, 5) is 6.53. The van der Waals surface area contributed by atoms with Crippen LogP contribution in [0.15, 0.2) is 24.4 Å². The lowest BCUT2D eigenvalue weighted by Crippen LogP contribution is -2.50. The Morgan fingerprint density at radius 3 is 2.77 bits per heavy atom. The van der Waals surface area contributed by atoms with Crippen molar-refractivity contribution in [2.45, 2.75) is 24.6 Å². The number of sulfonamides is 1. The van der Waals surface area contributed by atoms with E-state index in [1.54, 1.807) is 10.5 Å². The van der Waals surface area contributed by atoms with Gasteiger partial charge in [-0.1, -0.05) is 6.07 Å². The maximum Gasteiger partial charge on any atom is 0.218 e. The maximum absolute atomic E-state index is 12.8. The van der Waals surface area contributed by atoms with Gasteiger partial charge in [-0.25, -0.2) is 8.42 Å². The average molecular weight is 325 g/mol. The summed E-state index contributed by atoms with van der Waals surface area (Å²) in [5.41, 5.74) is 0.993. The van der Waals surface area contributed by atoms with Gasteiger partial charge in [0, 0.05) is 32.4 Å². The maximum atomic E-state index is 12.8. The molecule has 3 heterocycles. The topological polar surface area (TPSA) is 62.7 Å². The Morgan fingerprint density at radius 2 is 2.05 bits per heavy atom. The number of likely N-dealkylation sites (tertiary alicyclic amines) is 1. The van der Waals surface area contributed by atoms with Gasteiger partial charge in [-0.2, -0.15) is 4.31 Å². The standard InChI is InChI=1S/C15H23N3O3S/c19-22(20,18-8-10-21-11-9-18)15-5-3-7-17(13-15)12-14-4-1-2-6-16-14/h1-2,4,6,15H,3,5,7-13H2. The highest BCUT2D eigenvalue weighted by molar-refractivity contribution is 7.89. The van der Waals surface area contributed by atoms with Gasteiger partial charge in [-0.05, 0) is 31.5 Å². The van der Waals surface area contributed by atoms with Gasteiger partial charge >= 0.3 is 0 Å². The molecule has 0 amide bonds. The molecule has 1 unspecified atom stereocenters. The van der Waals surface area contributed by atoms with Crippen molar-refractivity contribution in [2.75, 3.05) is 39.4 Å². The summed E-state index contributed by atoms with van der Waals surface area (Å²) in [5.74, 6) is 0. The smallest absolute Gasteiger partial charge is 0.218 e. The molecule has 0 bridgehead atoms. The molecule has 1 aromatic heterocycles. The normalized spacial score (nSPS) is 25.2. The number of aromatic nitrogens is 1. The molecule has 6 nitrogen and oxygen atoms in total. The molecule has 0 aliphatic carbocycles. The third kappa shape index (κ3) is 3.65. The van der Waals surface area contributed by atoms with Gasteiger partial charge in [0.05, 0.1) is 24.2 Å². The number of morpholine rings is 1. The summed E-state index contributed by atoms with van der Waals surface area (Å²) in [7, 11) is -3.22. The number of hydrogen-bond donors (Lipinski definition) is 0. The molecule has 0 saturated carbocycles. The number of rotatable bonds is 4. The van der Waals surface area contributed by atoms with Crippen molar-refractivity contribution < 1.29 is 13.2 Å². The number of piperidine rings is 1. The first-order chi connectivity index (χ1) is 10.7. The van der Waals surface area contributed by atoms with Gasteiger partial charge in [0.1, 0.15) is 0 Å². The molecule has 3 rings (SSSR count). The summed E-state index contributed by atoms with van der Waals surface area (Å²) in [6.45, 7) is 4.23. The van der Waals surface area contributed by atoms with E-state index in [0.717, 1.165) is 31.6 Å². The second-order valence-corrected chi connectivity index (χ2v) is 8.09. The third-order valence-corrected chi connectivity index (χ3v) is 6.64. The Kier molecular flexibility index (Phi) is 5.07. The van der Waals surface area contributed by atoms with Crippen molar-refractivity contribution >= 4 is 10.0 Å². The largest absolute Gasteiger partial charge is 0.379 e. The van der Waals surface area contributed by atoms with E-state index in [9.17, 15) is 8.42 Å². The Balaban J connectivity index is 1.64. The van der Waals surface area contributed by atoms with Crippen LogP contribution in [0, 0.1) is 0 Å². The van der Waals surface area contributed by atoms with Gasteiger partial charge in [-0.15, -0.1) is 0 Å². The first-order valence-electron chi connectivity index (χ1n) is 7.85. The van der Waals surface area contributed by atoms with E-state index < -0.39 is 10.0 Å². The van der Waals surface area contributed by atoms with Crippen LogP contribution >= 0.6 is 0 Å². The minimum Gasteiger partial charge on any atom is -0.379 e. The molecule has 2 aliphatic rings. The molecular formula is C15H23N3O3S. The minimum absolute atomic E-state index is 0.303. The fraction of sp³-hybridized carbons (Fsp3) is 0.667. The third-order valence-electron chi connectivity index (χ3n) is 4.33. The van der Waals surface area contributed by atoms with Gasteiger partial charge in [-0.3, -0.25) is 9.88 Å². The van der Waals surface area contributed by atoms with Crippen LogP contribution in [0.2, 0.25) is 0 Å². The summed E-state index contributed by atoms with van der Waals surface area (Å²) in [5, 5.41) is -0.303. The molecule has 0 N–H and O–H groups in total. The molecule has 2 fully saturated rings. The van der Waals surface area contributed by atoms with E-state index >= 15 is 0 Å². The summed E-state index contributed by atoms with van der Waals surface area (Å²) in [6, 6.07) is 5.85. The van der Waals surface area contributed by atoms with Gasteiger partial charge in [0.15, 0.2) is 0 Å². The number of hydrogen-bond acceptors (Lipinski definition) is 5. The number of ether oxygens (including phenoxy) is 1. The summed E-state index contributed by atoms with van der Waals surface area (Å²) < 4.78 is 32.4. The van der Waals surface area contributed by atoms with E-state index in [-0.39, 0.29) is 5.25 Å². The van der Waals surface area contributed by atoms with Crippen LogP contribution in [0.25, 0.3) is 0 Å². The highest BCUT2D eigenvalue weighted by Crippen LogP contribution is 2.22. The minimum atomic E-state index is -3.22. The SMILES string of the molecule is O=S(=O)(C1CCCN(Cc2ccccn2)C1)N1CCOCC1. The predicted molar refractivity (Wildman–Crippen MR) is 83.8 cm³/mol. The van der Waals surface area contributed by atoms with Crippen molar-refractivity contribution in [3.8, 4) is 0 Å². The Morgan fingerprint density at radius 1 is 1.23 bits per heavy atom. The van der Waals surface area contributed by atoms with E-state index in [0.29, 0.717) is 32.8 Å². The van der Waals surface area contributed by atoms with Gasteiger partial charge in [0.25, 0.3) is 0 Å². The Hall–Kier alpha value is -1.02. The molecular weight excluding hydrogens is 302 g/mol. The van der Waals surface area contributed by atoms with Crippen molar-refractivity contribution in [1.29, 1.82) is 0 Å². The van der Waals surface area contributed by atoms with Crippen LogP contribution in [-0.2, 0) is 21.3 Å². The lowest BCUT2D eigenvalue weighted by molar-refractivity contribution is 0.0719. The van der Waals surface area contributed by atoms with Crippen molar-refractivity contribution in [1.82, 2.24) is 14.2 Å². The van der Waals surface area contributed by atoms with Crippen LogP contribution in [0.4, 0.5) is 0 Å². The van der Waals surface area contributed by atoms with Crippen LogP contribution in [0.3, 0.4) is 0 Å². The molecule has 0 radical (unpaired) electrons. The highest BCUT2D eigenvalue weighted by Gasteiger charge is 2.35. The summed E-state index contributed by atoms with van der Waals surface area (Å²) in [6.07, 6.45) is 3.45. The zero-order valence-corrected chi connectivity index (χ0v) is 13.5. The second kappa shape index (κ2) is 7.04. The lowest BCUT2D eigenvalue weighted by Gasteiger charge is -2.36. The van der Waals surface area contributed by atoms with Crippen molar-refractivity contribution in [3.63, 3.8) is 0 Å². The van der Waals surface area contributed by atoms with Gasteiger partial charge in [0.2, 0.25) is 10.0 Å². The van der Waals surface area contributed by atoms with Gasteiger partial charge < -0.3 is 4.74 Å². The molecule has 1 atom stereocenters. The van der Waals surface area contributed by atoms with Crippen LogP contribution in [0.1, 0.15) is 18.5 Å². The van der Waals surface area contributed by atoms with Crippen LogP contribution in [-0.4, -0.2) is 67.2 Å². The first kappa shape index (κ1) is 15.9. The number of nitrogens with zero attached hydrogens (tertiary/aromatic N) is 3. The number of pyridine rings is 1. The Bertz CT molecular complexity index is 573. The highest BCUT2D eigenvalue weighted by atomic mass is 32.2. The molecule has 1 aromatic rings. The molecule has 7 heteroatoms. The van der Waals surface area contributed by atoms with E-state index in [4.69, 9.17) is 4.74 Å². The molecule has 2 aliphatic heterocycles. The fourth-order valence-electron chi connectivity index (χ4n) is 3.13. The zero-order valence-electron chi connectivity index (χ0n) is 12.7. The predicted octanol–water partition coefficient (Wildman–Crippen LogP) is 0.708. The monoisotopic (exact) mass is 325 g/mol. The quantitative estimate of drug-likeness (QED) is 0.816. The molecule has 22 heavy (non-hydrogen) atoms. The van der Waals surface area contributed by atoms with E-state index in [1.807, 2.05) is 18.2 Å². The van der Waals surface area contributed by atoms with Crippen molar-refractivity contribution in [3.05, 3.63) is 30.1 Å². The van der Waals surface area contributed by atoms with Crippen LogP contribution in [0.5, 0.6) is 0 Å². The summed E-state index contributed by atoms with van der Waals surface area (Å²) >= 11 is 0. The van der Waals surface area contributed by atoms with E-state index in [2.05, 4.69) is 9.88 Å². The first-order valence-corrected chi connectivity index (χ1v) is 9.35. The molecule has 122 valence electrons. The molecule has 0 aromatic carbocycles. The average Bonchev–Trinajstić information content (AvgIpc) is 2.57. The molecule has 0 spiro atoms. The van der Waals surface area contributed by atoms with Crippen molar-refractivity contribution in [2.24, 2.45) is 0 Å². The lowest BCUT2D eigenvalue weighted by atomic mass is 10.1. The molecule has 2 saturated heterocycles.